The van der Waals surface area contributed by atoms with Crippen molar-refractivity contribution in [1.29, 1.82) is 0 Å². The van der Waals surface area contributed by atoms with Crippen molar-refractivity contribution in [1.82, 2.24) is 15.3 Å². The average Bonchev–Trinajstić information content (AvgIpc) is 2.70. The lowest BCUT2D eigenvalue weighted by Gasteiger charge is -2.14. The molecule has 2 rings (SSSR count). The zero-order chi connectivity index (χ0) is 19.6. The fourth-order valence-corrected chi connectivity index (χ4v) is 1.94. The number of amides is 1. The van der Waals surface area contributed by atoms with Gasteiger partial charge in [-0.15, -0.1) is 0 Å². The summed E-state index contributed by atoms with van der Waals surface area (Å²) in [6.07, 6.45) is 3.00. The molecule has 0 bridgehead atoms. The second kappa shape index (κ2) is 9.68. The van der Waals surface area contributed by atoms with Crippen LogP contribution < -0.4 is 16.8 Å². The highest BCUT2D eigenvalue weighted by Crippen LogP contribution is 2.04. The number of benzene rings is 1. The molecule has 0 aliphatic rings. The van der Waals surface area contributed by atoms with Crippen molar-refractivity contribution in [2.75, 3.05) is 18.9 Å². The highest BCUT2D eigenvalue weighted by Gasteiger charge is 2.18. The third-order valence-electron chi connectivity index (χ3n) is 3.38. The van der Waals surface area contributed by atoms with Gasteiger partial charge >= 0.3 is 0 Å². The lowest BCUT2D eigenvalue weighted by molar-refractivity contribution is -0.123. The van der Waals surface area contributed by atoms with Crippen molar-refractivity contribution < 1.29 is 14.7 Å². The van der Waals surface area contributed by atoms with E-state index in [1.807, 2.05) is 0 Å². The molecular formula is C19H17N5O3. The molecule has 0 aliphatic heterocycles. The van der Waals surface area contributed by atoms with Gasteiger partial charge in [-0.2, -0.15) is 0 Å². The molecule has 1 atom stereocenters. The third kappa shape index (κ3) is 5.94. The standard InChI is InChI=1S/C19H17N5O3/c20-9-16(17(26)12-25)24-18(27)15-7-5-13(6-8-15)3-1-2-4-14-10-22-19(21)23-11-14/h5-8,10-11,16,25H,9,12,20H2,(H,24,27)(H2,21,22,23)/t16-/m0/s1. The molecule has 0 unspecified atom stereocenters. The molecule has 8 nitrogen and oxygen atoms in total. The average molecular weight is 363 g/mol. The first-order chi connectivity index (χ1) is 13.0. The molecule has 136 valence electrons. The molecular weight excluding hydrogens is 346 g/mol. The zero-order valence-electron chi connectivity index (χ0n) is 14.3. The van der Waals surface area contributed by atoms with E-state index in [1.54, 1.807) is 24.3 Å². The van der Waals surface area contributed by atoms with Crippen LogP contribution in [0, 0.1) is 23.7 Å². The number of nitrogens with one attached hydrogen (secondary N) is 1. The Balaban J connectivity index is 2.00. The van der Waals surface area contributed by atoms with Crippen LogP contribution in [-0.2, 0) is 4.79 Å². The number of aromatic nitrogens is 2. The molecule has 0 aliphatic carbocycles. The fraction of sp³-hybridized carbons (Fsp3) is 0.158. The van der Waals surface area contributed by atoms with E-state index in [1.165, 1.54) is 12.4 Å². The van der Waals surface area contributed by atoms with Crippen LogP contribution in [0.5, 0.6) is 0 Å². The molecule has 8 heteroatoms. The van der Waals surface area contributed by atoms with Crippen molar-refractivity contribution in [2.24, 2.45) is 5.73 Å². The molecule has 0 spiro atoms. The minimum Gasteiger partial charge on any atom is -0.388 e. The van der Waals surface area contributed by atoms with Crippen LogP contribution in [0.4, 0.5) is 5.95 Å². The van der Waals surface area contributed by atoms with Crippen LogP contribution >= 0.6 is 0 Å². The molecule has 0 saturated carbocycles. The van der Waals surface area contributed by atoms with Gasteiger partial charge in [0, 0.05) is 30.1 Å². The maximum absolute atomic E-state index is 12.1. The van der Waals surface area contributed by atoms with E-state index in [9.17, 15) is 9.59 Å². The zero-order valence-corrected chi connectivity index (χ0v) is 14.3. The number of nitrogens with zero attached hydrogens (tertiary/aromatic N) is 2. The molecule has 1 aromatic heterocycles. The van der Waals surface area contributed by atoms with Gasteiger partial charge in [0.05, 0.1) is 5.56 Å². The summed E-state index contributed by atoms with van der Waals surface area (Å²) in [7, 11) is 0. The van der Waals surface area contributed by atoms with Gasteiger partial charge in [-0.05, 0) is 42.0 Å². The van der Waals surface area contributed by atoms with E-state index in [4.69, 9.17) is 16.6 Å². The molecule has 6 N–H and O–H groups in total. The van der Waals surface area contributed by atoms with Crippen molar-refractivity contribution in [2.45, 2.75) is 6.04 Å². The summed E-state index contributed by atoms with van der Waals surface area (Å²) in [5.74, 6) is 10.2. The Labute approximate surface area is 156 Å². The number of hydrogen-bond acceptors (Lipinski definition) is 7. The van der Waals surface area contributed by atoms with Crippen LogP contribution in [-0.4, -0.2) is 46.0 Å². The lowest BCUT2D eigenvalue weighted by Crippen LogP contribution is -2.46. The highest BCUT2D eigenvalue weighted by molar-refractivity contribution is 5.98. The summed E-state index contributed by atoms with van der Waals surface area (Å²) in [4.78, 5) is 31.2. The Kier molecular flexibility index (Phi) is 7.03. The predicted octanol–water partition coefficient (Wildman–Crippen LogP) is -0.919. The van der Waals surface area contributed by atoms with E-state index in [-0.39, 0.29) is 12.5 Å². The topological polar surface area (TPSA) is 144 Å². The van der Waals surface area contributed by atoms with Crippen LogP contribution in [0.25, 0.3) is 0 Å². The molecule has 0 fully saturated rings. The first-order valence-electron chi connectivity index (χ1n) is 7.87. The summed E-state index contributed by atoms with van der Waals surface area (Å²) in [6, 6.07) is 5.52. The number of hydrogen-bond donors (Lipinski definition) is 4. The Morgan fingerprint density at radius 1 is 1.07 bits per heavy atom. The molecule has 2 aromatic rings. The molecule has 0 radical (unpaired) electrons. The van der Waals surface area contributed by atoms with E-state index >= 15 is 0 Å². The Morgan fingerprint density at radius 3 is 2.22 bits per heavy atom. The van der Waals surface area contributed by atoms with Crippen LogP contribution in [0.2, 0.25) is 0 Å². The Bertz CT molecular complexity index is 932. The third-order valence-corrected chi connectivity index (χ3v) is 3.38. The van der Waals surface area contributed by atoms with Crippen LogP contribution in [0.15, 0.2) is 36.7 Å². The minimum absolute atomic E-state index is 0.0909. The first-order valence-corrected chi connectivity index (χ1v) is 7.87. The summed E-state index contributed by atoms with van der Waals surface area (Å²) < 4.78 is 0. The van der Waals surface area contributed by atoms with Gasteiger partial charge in [0.1, 0.15) is 12.6 Å². The Hall–Kier alpha value is -3.72. The van der Waals surface area contributed by atoms with Gasteiger partial charge in [-0.25, -0.2) is 9.97 Å². The highest BCUT2D eigenvalue weighted by atomic mass is 16.3. The van der Waals surface area contributed by atoms with E-state index in [0.717, 1.165) is 0 Å². The number of anilines is 1. The fourth-order valence-electron chi connectivity index (χ4n) is 1.94. The maximum atomic E-state index is 12.1. The number of nitrogen functional groups attached to an aromatic ring is 1. The van der Waals surface area contributed by atoms with Gasteiger partial charge < -0.3 is 21.9 Å². The number of aliphatic hydroxyl groups is 1. The summed E-state index contributed by atoms with van der Waals surface area (Å²) in [6.45, 7) is -0.771. The molecule has 1 heterocycles. The van der Waals surface area contributed by atoms with Gasteiger partial charge in [0.15, 0.2) is 5.78 Å². The maximum Gasteiger partial charge on any atom is 0.251 e. The van der Waals surface area contributed by atoms with Gasteiger partial charge in [-0.3, -0.25) is 9.59 Å². The first kappa shape index (κ1) is 19.6. The van der Waals surface area contributed by atoms with E-state index < -0.39 is 24.3 Å². The largest absolute Gasteiger partial charge is 0.388 e. The van der Waals surface area contributed by atoms with Crippen LogP contribution in [0.3, 0.4) is 0 Å². The summed E-state index contributed by atoms with van der Waals surface area (Å²) in [5, 5.41) is 11.3. The molecule has 1 amide bonds. The quantitative estimate of drug-likeness (QED) is 0.503. The number of carbonyl (C=O) groups is 2. The smallest absolute Gasteiger partial charge is 0.251 e. The molecule has 1 aromatic carbocycles. The molecule has 27 heavy (non-hydrogen) atoms. The van der Waals surface area contributed by atoms with Crippen molar-refractivity contribution in [3.63, 3.8) is 0 Å². The van der Waals surface area contributed by atoms with E-state index in [2.05, 4.69) is 39.0 Å². The second-order valence-electron chi connectivity index (χ2n) is 5.29. The number of aliphatic hydroxyl groups excluding tert-OH is 1. The van der Waals surface area contributed by atoms with Gasteiger partial charge in [-0.1, -0.05) is 5.92 Å². The van der Waals surface area contributed by atoms with Crippen molar-refractivity contribution in [3.8, 4) is 23.7 Å². The number of nitrogens with two attached hydrogens (primary N) is 2. The summed E-state index contributed by atoms with van der Waals surface area (Å²) >= 11 is 0. The van der Waals surface area contributed by atoms with Crippen molar-refractivity contribution >= 4 is 17.6 Å². The number of rotatable bonds is 5. The SMILES string of the molecule is NC[C@H](NC(=O)c1ccc(C#CC#Cc2cnc(N)nc2)cc1)C(=O)CO. The van der Waals surface area contributed by atoms with E-state index in [0.29, 0.717) is 16.7 Å². The van der Waals surface area contributed by atoms with Gasteiger partial charge in [0.2, 0.25) is 5.95 Å². The normalized spacial score (nSPS) is 10.6. The van der Waals surface area contributed by atoms with Crippen LogP contribution in [0.1, 0.15) is 21.5 Å². The lowest BCUT2D eigenvalue weighted by atomic mass is 10.1. The number of carbonyl (C=O) groups excluding carboxylic acids is 2. The van der Waals surface area contributed by atoms with Crippen molar-refractivity contribution in [3.05, 3.63) is 53.3 Å². The number of Topliss-reactive ketones (excluding diaryl/α,β-unsaturated/α-hetero) is 1. The number of ketones is 1. The molecule has 0 saturated heterocycles. The van der Waals surface area contributed by atoms with Gasteiger partial charge in [0.25, 0.3) is 5.91 Å². The Morgan fingerprint density at radius 2 is 1.67 bits per heavy atom. The minimum atomic E-state index is -0.922. The summed E-state index contributed by atoms with van der Waals surface area (Å²) in [5.41, 5.74) is 12.4. The monoisotopic (exact) mass is 363 g/mol. The second-order valence-corrected chi connectivity index (χ2v) is 5.29. The predicted molar refractivity (Wildman–Crippen MR) is 99.0 cm³/mol.